The lowest BCUT2D eigenvalue weighted by atomic mass is 10.0. The van der Waals surface area contributed by atoms with Crippen LogP contribution in [0.1, 0.15) is 34.0 Å². The van der Waals surface area contributed by atoms with E-state index in [2.05, 4.69) is 37.4 Å². The summed E-state index contributed by atoms with van der Waals surface area (Å²) in [6.45, 7) is 6.11. The van der Waals surface area contributed by atoms with Gasteiger partial charge in [0.2, 0.25) is 0 Å². The Hall–Kier alpha value is -2.29. The maximum Gasteiger partial charge on any atom is 0.335 e. The predicted molar refractivity (Wildman–Crippen MR) is 82.0 cm³/mol. The third-order valence-corrected chi connectivity index (χ3v) is 3.47. The number of carboxylic acids is 1. The summed E-state index contributed by atoms with van der Waals surface area (Å²) in [5.74, 6) is -0.898. The van der Waals surface area contributed by atoms with Crippen molar-refractivity contribution in [2.24, 2.45) is 0 Å². The Kier molecular flexibility index (Phi) is 4.08. The minimum atomic E-state index is -0.898. The van der Waals surface area contributed by atoms with Crippen molar-refractivity contribution in [3.05, 3.63) is 58.7 Å². The highest BCUT2D eigenvalue weighted by Gasteiger charge is 2.08. The van der Waals surface area contributed by atoms with Crippen molar-refractivity contribution in [3.8, 4) is 0 Å². The lowest BCUT2D eigenvalue weighted by Crippen LogP contribution is -2.02. The zero-order valence-electron chi connectivity index (χ0n) is 12.0. The van der Waals surface area contributed by atoms with Gasteiger partial charge in [0.1, 0.15) is 0 Å². The third-order valence-electron chi connectivity index (χ3n) is 3.47. The SMILES string of the molecule is CCc1cccc(C)c1Nc1ccc(C(=O)O)cc1C. The van der Waals surface area contributed by atoms with E-state index < -0.39 is 5.97 Å². The van der Waals surface area contributed by atoms with Gasteiger partial charge in [-0.3, -0.25) is 0 Å². The van der Waals surface area contributed by atoms with Crippen LogP contribution in [-0.4, -0.2) is 11.1 Å². The molecule has 3 nitrogen and oxygen atoms in total. The Morgan fingerprint density at radius 3 is 2.50 bits per heavy atom. The molecule has 0 aliphatic rings. The molecule has 2 rings (SSSR count). The van der Waals surface area contributed by atoms with Crippen molar-refractivity contribution >= 4 is 17.3 Å². The lowest BCUT2D eigenvalue weighted by molar-refractivity contribution is 0.0697. The molecule has 0 radical (unpaired) electrons. The first kappa shape index (κ1) is 14.1. The molecule has 2 aromatic rings. The number of para-hydroxylation sites is 1. The van der Waals surface area contributed by atoms with E-state index in [9.17, 15) is 4.79 Å². The van der Waals surface area contributed by atoms with Crippen LogP contribution in [0.5, 0.6) is 0 Å². The van der Waals surface area contributed by atoms with E-state index in [0.717, 1.165) is 23.4 Å². The Bertz CT molecular complexity index is 647. The summed E-state index contributed by atoms with van der Waals surface area (Å²) in [4.78, 5) is 11.0. The van der Waals surface area contributed by atoms with Gasteiger partial charge in [0.15, 0.2) is 0 Å². The number of carbonyl (C=O) groups is 1. The first-order valence-corrected chi connectivity index (χ1v) is 6.72. The summed E-state index contributed by atoms with van der Waals surface area (Å²) in [5, 5.41) is 12.4. The fraction of sp³-hybridized carbons (Fsp3) is 0.235. The average molecular weight is 269 g/mol. The van der Waals surface area contributed by atoms with E-state index in [1.165, 1.54) is 11.1 Å². The fourth-order valence-corrected chi connectivity index (χ4v) is 2.27. The molecule has 0 saturated carbocycles. The van der Waals surface area contributed by atoms with Gasteiger partial charge in [0.05, 0.1) is 5.56 Å². The second-order valence-corrected chi connectivity index (χ2v) is 4.92. The molecule has 0 amide bonds. The monoisotopic (exact) mass is 269 g/mol. The van der Waals surface area contributed by atoms with E-state index >= 15 is 0 Å². The van der Waals surface area contributed by atoms with E-state index in [0.29, 0.717) is 5.56 Å². The molecule has 0 aliphatic heterocycles. The van der Waals surface area contributed by atoms with Gasteiger partial charge in [-0.15, -0.1) is 0 Å². The Balaban J connectivity index is 2.38. The molecular formula is C17H19NO2. The maximum absolute atomic E-state index is 11.0. The molecular weight excluding hydrogens is 250 g/mol. The summed E-state index contributed by atoms with van der Waals surface area (Å²) >= 11 is 0. The molecule has 0 saturated heterocycles. The maximum atomic E-state index is 11.0. The highest BCUT2D eigenvalue weighted by Crippen LogP contribution is 2.27. The summed E-state index contributed by atoms with van der Waals surface area (Å²) < 4.78 is 0. The minimum absolute atomic E-state index is 0.313. The highest BCUT2D eigenvalue weighted by molar-refractivity contribution is 5.88. The number of carboxylic acid groups (broad SMARTS) is 1. The van der Waals surface area contributed by atoms with Crippen LogP contribution in [-0.2, 0) is 6.42 Å². The summed E-state index contributed by atoms with van der Waals surface area (Å²) in [7, 11) is 0. The summed E-state index contributed by atoms with van der Waals surface area (Å²) in [5.41, 5.74) is 5.74. The van der Waals surface area contributed by atoms with Crippen molar-refractivity contribution in [2.45, 2.75) is 27.2 Å². The molecule has 0 unspecified atom stereocenters. The molecule has 2 N–H and O–H groups in total. The quantitative estimate of drug-likeness (QED) is 0.869. The van der Waals surface area contributed by atoms with Crippen LogP contribution >= 0.6 is 0 Å². The number of benzene rings is 2. The summed E-state index contributed by atoms with van der Waals surface area (Å²) in [6, 6.07) is 11.4. The first-order valence-electron chi connectivity index (χ1n) is 6.72. The second kappa shape index (κ2) is 5.78. The topological polar surface area (TPSA) is 49.3 Å². The molecule has 0 atom stereocenters. The fourth-order valence-electron chi connectivity index (χ4n) is 2.27. The van der Waals surface area contributed by atoms with Gasteiger partial charge < -0.3 is 10.4 Å². The van der Waals surface area contributed by atoms with Crippen molar-refractivity contribution in [2.75, 3.05) is 5.32 Å². The van der Waals surface area contributed by atoms with E-state index in [4.69, 9.17) is 5.11 Å². The van der Waals surface area contributed by atoms with Gasteiger partial charge in [-0.05, 0) is 55.2 Å². The largest absolute Gasteiger partial charge is 0.478 e. The standard InChI is InChI=1S/C17H19NO2/c1-4-13-7-5-6-11(2)16(13)18-15-9-8-14(17(19)20)10-12(15)3/h5-10,18H,4H2,1-3H3,(H,19,20). The summed E-state index contributed by atoms with van der Waals surface area (Å²) in [6.07, 6.45) is 0.955. The van der Waals surface area contributed by atoms with Crippen molar-refractivity contribution in [1.82, 2.24) is 0 Å². The molecule has 0 aromatic heterocycles. The van der Waals surface area contributed by atoms with Crippen molar-refractivity contribution in [3.63, 3.8) is 0 Å². The molecule has 2 aromatic carbocycles. The molecule has 104 valence electrons. The smallest absolute Gasteiger partial charge is 0.335 e. The molecule has 3 heteroatoms. The van der Waals surface area contributed by atoms with Crippen molar-refractivity contribution in [1.29, 1.82) is 0 Å². The number of aryl methyl sites for hydroxylation is 3. The molecule has 0 spiro atoms. The van der Waals surface area contributed by atoms with Gasteiger partial charge in [-0.2, -0.15) is 0 Å². The predicted octanol–water partition coefficient (Wildman–Crippen LogP) is 4.31. The zero-order chi connectivity index (χ0) is 14.7. The van der Waals surface area contributed by atoms with E-state index in [1.807, 2.05) is 13.0 Å². The number of rotatable bonds is 4. The molecule has 0 bridgehead atoms. The third kappa shape index (κ3) is 2.82. The Morgan fingerprint density at radius 1 is 1.15 bits per heavy atom. The zero-order valence-corrected chi connectivity index (χ0v) is 12.0. The van der Waals surface area contributed by atoms with Crippen LogP contribution in [0.2, 0.25) is 0 Å². The van der Waals surface area contributed by atoms with Gasteiger partial charge in [-0.25, -0.2) is 4.79 Å². The van der Waals surface area contributed by atoms with Crippen LogP contribution in [0.4, 0.5) is 11.4 Å². The molecule has 0 heterocycles. The number of hydrogen-bond donors (Lipinski definition) is 2. The van der Waals surface area contributed by atoms with E-state index in [-0.39, 0.29) is 0 Å². The number of aromatic carboxylic acids is 1. The van der Waals surface area contributed by atoms with Crippen molar-refractivity contribution < 1.29 is 9.90 Å². The van der Waals surface area contributed by atoms with Crippen LogP contribution in [0, 0.1) is 13.8 Å². The number of nitrogens with one attached hydrogen (secondary N) is 1. The average Bonchev–Trinajstić information content (AvgIpc) is 2.42. The Morgan fingerprint density at radius 2 is 1.90 bits per heavy atom. The van der Waals surface area contributed by atoms with E-state index in [1.54, 1.807) is 12.1 Å². The number of anilines is 2. The van der Waals surface area contributed by atoms with Gasteiger partial charge in [-0.1, -0.05) is 25.1 Å². The minimum Gasteiger partial charge on any atom is -0.478 e. The lowest BCUT2D eigenvalue weighted by Gasteiger charge is -2.16. The highest BCUT2D eigenvalue weighted by atomic mass is 16.4. The normalized spacial score (nSPS) is 10.3. The van der Waals surface area contributed by atoms with Crippen LogP contribution in [0.15, 0.2) is 36.4 Å². The van der Waals surface area contributed by atoms with Crippen LogP contribution < -0.4 is 5.32 Å². The number of hydrogen-bond acceptors (Lipinski definition) is 2. The molecule has 0 aliphatic carbocycles. The van der Waals surface area contributed by atoms with Gasteiger partial charge >= 0.3 is 5.97 Å². The second-order valence-electron chi connectivity index (χ2n) is 4.92. The van der Waals surface area contributed by atoms with Gasteiger partial charge in [0.25, 0.3) is 0 Å². The molecule has 20 heavy (non-hydrogen) atoms. The van der Waals surface area contributed by atoms with Crippen LogP contribution in [0.25, 0.3) is 0 Å². The van der Waals surface area contributed by atoms with Gasteiger partial charge in [0, 0.05) is 11.4 Å². The first-order chi connectivity index (χ1) is 9.52. The van der Waals surface area contributed by atoms with Crippen LogP contribution in [0.3, 0.4) is 0 Å². The Labute approximate surface area is 119 Å². The molecule has 0 fully saturated rings.